The van der Waals surface area contributed by atoms with Gasteiger partial charge in [-0.1, -0.05) is 6.58 Å². The van der Waals surface area contributed by atoms with Crippen LogP contribution in [0, 0.1) is 0 Å². The molecule has 160 valence electrons. The highest BCUT2D eigenvalue weighted by Gasteiger charge is 2.49. The van der Waals surface area contributed by atoms with Gasteiger partial charge in [-0.2, -0.15) is 0 Å². The molecule has 2 aromatic heterocycles. The first-order chi connectivity index (χ1) is 15.0. The number of hydrogen-bond acceptors (Lipinski definition) is 5. The van der Waals surface area contributed by atoms with Gasteiger partial charge in [-0.15, -0.1) is 0 Å². The van der Waals surface area contributed by atoms with Gasteiger partial charge in [-0.05, 0) is 49.0 Å². The van der Waals surface area contributed by atoms with Crippen molar-refractivity contribution in [1.29, 1.82) is 0 Å². The van der Waals surface area contributed by atoms with Crippen molar-refractivity contribution < 1.29 is 14.3 Å². The van der Waals surface area contributed by atoms with Gasteiger partial charge >= 0.3 is 0 Å². The van der Waals surface area contributed by atoms with Crippen LogP contribution < -0.4 is 16.0 Å². The molecule has 2 unspecified atom stereocenters. The second kappa shape index (κ2) is 6.68. The maximum Gasteiger partial charge on any atom is 0.253 e. The summed E-state index contributed by atoms with van der Waals surface area (Å²) in [6.45, 7) is 4.45. The number of aromatic nitrogens is 2. The highest BCUT2D eigenvalue weighted by atomic mass is 16.5. The van der Waals surface area contributed by atoms with E-state index in [9.17, 15) is 9.59 Å². The van der Waals surface area contributed by atoms with E-state index >= 15 is 0 Å². The van der Waals surface area contributed by atoms with Gasteiger partial charge < -0.3 is 25.7 Å². The molecule has 4 heterocycles. The maximum absolute atomic E-state index is 12.8. The third-order valence-electron chi connectivity index (χ3n) is 6.98. The summed E-state index contributed by atoms with van der Waals surface area (Å²) in [7, 11) is 0. The van der Waals surface area contributed by atoms with Crippen LogP contribution in [0.3, 0.4) is 0 Å². The number of nitrogens with zero attached hydrogens (tertiary/aromatic N) is 1. The van der Waals surface area contributed by atoms with Gasteiger partial charge in [-0.25, -0.2) is 4.98 Å². The number of aryl methyl sites for hydroxylation is 1. The van der Waals surface area contributed by atoms with Crippen LogP contribution in [-0.4, -0.2) is 52.6 Å². The van der Waals surface area contributed by atoms with Crippen LogP contribution in [0.25, 0.3) is 11.3 Å². The summed E-state index contributed by atoms with van der Waals surface area (Å²) in [5, 5.41) is 9.55. The lowest BCUT2D eigenvalue weighted by Crippen LogP contribution is -2.45. The summed E-state index contributed by atoms with van der Waals surface area (Å²) in [5.74, 6) is 0.584. The lowest BCUT2D eigenvalue weighted by Gasteiger charge is -2.24. The Kier molecular flexibility index (Phi) is 4.02. The first kappa shape index (κ1) is 18.6. The molecule has 8 nitrogen and oxygen atoms in total. The van der Waals surface area contributed by atoms with E-state index in [1.807, 2.05) is 12.3 Å². The first-order valence-electron chi connectivity index (χ1n) is 10.9. The van der Waals surface area contributed by atoms with Crippen molar-refractivity contribution in [2.24, 2.45) is 0 Å². The predicted octanol–water partition coefficient (Wildman–Crippen LogP) is 1.48. The number of aromatic amines is 1. The van der Waals surface area contributed by atoms with Crippen LogP contribution in [0.1, 0.15) is 40.0 Å². The highest BCUT2D eigenvalue weighted by molar-refractivity contribution is 6.01. The van der Waals surface area contributed by atoms with Crippen molar-refractivity contribution in [1.82, 2.24) is 20.6 Å². The molecule has 2 aromatic rings. The number of fused-ring (bicyclic) bond motifs is 5. The van der Waals surface area contributed by atoms with Crippen molar-refractivity contribution in [2.75, 3.05) is 18.5 Å². The first-order valence-corrected chi connectivity index (χ1v) is 10.9. The molecule has 1 spiro atoms. The van der Waals surface area contributed by atoms with Gasteiger partial charge in [0, 0.05) is 29.4 Å². The molecule has 0 bridgehead atoms. The number of ether oxygens (including phenoxy) is 1. The predicted molar refractivity (Wildman–Crippen MR) is 115 cm³/mol. The van der Waals surface area contributed by atoms with Crippen molar-refractivity contribution in [2.45, 2.75) is 49.7 Å². The molecule has 2 aliphatic heterocycles. The van der Waals surface area contributed by atoms with E-state index in [1.165, 1.54) is 11.6 Å². The number of nitrogens with one attached hydrogen (secondary N) is 4. The second-order valence-electron chi connectivity index (χ2n) is 9.08. The van der Waals surface area contributed by atoms with Crippen LogP contribution >= 0.6 is 0 Å². The van der Waals surface area contributed by atoms with Gasteiger partial charge in [0.1, 0.15) is 5.82 Å². The zero-order chi connectivity index (χ0) is 21.2. The topological polar surface area (TPSA) is 108 Å². The molecule has 2 fully saturated rings. The fourth-order valence-electron chi connectivity index (χ4n) is 5.15. The number of rotatable bonds is 4. The van der Waals surface area contributed by atoms with Crippen molar-refractivity contribution in [3.05, 3.63) is 47.3 Å². The average Bonchev–Trinajstić information content (AvgIpc) is 3.17. The molecule has 2 amide bonds. The maximum atomic E-state index is 12.8. The number of anilines is 1. The van der Waals surface area contributed by atoms with E-state index in [0.717, 1.165) is 66.0 Å². The van der Waals surface area contributed by atoms with Crippen molar-refractivity contribution in [3.8, 4) is 11.3 Å². The number of H-pyrrole nitrogens is 1. The summed E-state index contributed by atoms with van der Waals surface area (Å²) >= 11 is 0. The fraction of sp³-hybridized carbons (Fsp3) is 0.435. The lowest BCUT2D eigenvalue weighted by atomic mass is 9.87. The van der Waals surface area contributed by atoms with Crippen LogP contribution in [0.5, 0.6) is 0 Å². The van der Waals surface area contributed by atoms with E-state index in [2.05, 4.69) is 32.5 Å². The molecule has 8 heteroatoms. The number of amides is 2. The highest BCUT2D eigenvalue weighted by Crippen LogP contribution is 2.45. The molecule has 1 saturated heterocycles. The van der Waals surface area contributed by atoms with Crippen molar-refractivity contribution in [3.63, 3.8) is 0 Å². The summed E-state index contributed by atoms with van der Waals surface area (Å²) in [4.78, 5) is 32.7. The number of hydrogen-bond donors (Lipinski definition) is 4. The van der Waals surface area contributed by atoms with Gasteiger partial charge in [0.2, 0.25) is 5.91 Å². The Morgan fingerprint density at radius 1 is 1.29 bits per heavy atom. The van der Waals surface area contributed by atoms with E-state index in [0.29, 0.717) is 13.2 Å². The van der Waals surface area contributed by atoms with Crippen LogP contribution in [-0.2, 0) is 28.8 Å². The van der Waals surface area contributed by atoms with Crippen LogP contribution in [0.15, 0.2) is 24.9 Å². The minimum atomic E-state index is -0.214. The quantitative estimate of drug-likeness (QED) is 0.562. The number of pyridine rings is 1. The van der Waals surface area contributed by atoms with E-state index in [1.54, 1.807) is 0 Å². The van der Waals surface area contributed by atoms with Gasteiger partial charge in [0.25, 0.3) is 5.91 Å². The fourth-order valence-corrected chi connectivity index (χ4v) is 5.15. The Morgan fingerprint density at radius 3 is 2.94 bits per heavy atom. The number of carbonyl (C=O) groups is 2. The molecule has 2 aliphatic carbocycles. The molecular formula is C23H25N5O3. The largest absolute Gasteiger partial charge is 0.377 e. The Balaban J connectivity index is 1.30. The number of carbonyl (C=O) groups excluding carboxylic acids is 2. The van der Waals surface area contributed by atoms with E-state index in [4.69, 9.17) is 4.74 Å². The summed E-state index contributed by atoms with van der Waals surface area (Å²) in [5.41, 5.74) is 6.34. The summed E-state index contributed by atoms with van der Waals surface area (Å²) < 4.78 is 5.56. The lowest BCUT2D eigenvalue weighted by molar-refractivity contribution is -0.117. The zero-order valence-electron chi connectivity index (χ0n) is 17.2. The molecule has 6 rings (SSSR count). The smallest absolute Gasteiger partial charge is 0.253 e. The molecule has 1 saturated carbocycles. The zero-order valence-corrected chi connectivity index (χ0v) is 17.2. The summed E-state index contributed by atoms with van der Waals surface area (Å²) in [6.07, 6.45) is 7.89. The SMILES string of the molecule is C=CC(=O)NC1COCC1Nc1cc2c(cn1)CCc1c-2[nH]c2c1C(=O)NC1(CC1)C2. The molecule has 31 heavy (non-hydrogen) atoms. The minimum absolute atomic E-state index is 0.0152. The van der Waals surface area contributed by atoms with Gasteiger partial charge in [-0.3, -0.25) is 9.59 Å². The molecule has 0 radical (unpaired) electrons. The molecule has 4 N–H and O–H groups in total. The molecule has 4 aliphatic rings. The Bertz CT molecular complexity index is 1120. The second-order valence-corrected chi connectivity index (χ2v) is 9.08. The third kappa shape index (κ3) is 3.05. The van der Waals surface area contributed by atoms with Crippen molar-refractivity contribution >= 4 is 17.6 Å². The van der Waals surface area contributed by atoms with E-state index in [-0.39, 0.29) is 29.4 Å². The Hall–Kier alpha value is -3.13. The third-order valence-corrected chi connectivity index (χ3v) is 6.98. The van der Waals surface area contributed by atoms with Gasteiger partial charge in [0.05, 0.1) is 36.6 Å². The monoisotopic (exact) mass is 419 g/mol. The molecular weight excluding hydrogens is 394 g/mol. The molecule has 0 aromatic carbocycles. The standard InChI is InChI=1S/C23H25N5O3/c1-2-19(29)26-17-11-31-10-16(17)25-18-7-14-12(9-24-18)3-4-13-20-15(27-21(13)14)8-23(5-6-23)28-22(20)30/h2,7,9,16-17,27H,1,3-6,8,10-11H2,(H,24,25)(H,26,29)(H,28,30). The molecule has 2 atom stereocenters. The Morgan fingerprint density at radius 2 is 2.13 bits per heavy atom. The van der Waals surface area contributed by atoms with Gasteiger partial charge in [0.15, 0.2) is 0 Å². The van der Waals surface area contributed by atoms with Crippen LogP contribution in [0.2, 0.25) is 0 Å². The van der Waals surface area contributed by atoms with Crippen LogP contribution in [0.4, 0.5) is 5.82 Å². The van der Waals surface area contributed by atoms with E-state index < -0.39 is 0 Å². The normalized spacial score (nSPS) is 24.6. The minimum Gasteiger partial charge on any atom is -0.377 e. The summed E-state index contributed by atoms with van der Waals surface area (Å²) in [6, 6.07) is 1.83. The Labute approximate surface area is 179 Å². The average molecular weight is 419 g/mol.